The average molecular weight is 285 g/mol. The van der Waals surface area contributed by atoms with Gasteiger partial charge in [-0.15, -0.1) is 0 Å². The van der Waals surface area contributed by atoms with Crippen molar-refractivity contribution in [2.75, 3.05) is 24.2 Å². The number of rotatable bonds is 7. The number of carboxylic acids is 1. The summed E-state index contributed by atoms with van der Waals surface area (Å²) in [6.45, 7) is 0.105. The van der Waals surface area contributed by atoms with E-state index in [1.807, 2.05) is 0 Å². The SMILES string of the molecule is COCCS(=O)(=O)Nc1cccc(/C=C/C(=O)O)c1. The van der Waals surface area contributed by atoms with Crippen molar-refractivity contribution >= 4 is 27.8 Å². The third kappa shape index (κ3) is 6.03. The monoisotopic (exact) mass is 285 g/mol. The van der Waals surface area contributed by atoms with E-state index >= 15 is 0 Å². The Morgan fingerprint density at radius 1 is 1.47 bits per heavy atom. The molecule has 0 fully saturated rings. The van der Waals surface area contributed by atoms with Crippen molar-refractivity contribution in [3.05, 3.63) is 35.9 Å². The van der Waals surface area contributed by atoms with Gasteiger partial charge in [0, 0.05) is 18.9 Å². The first kappa shape index (κ1) is 15.2. The van der Waals surface area contributed by atoms with Gasteiger partial charge < -0.3 is 9.84 Å². The van der Waals surface area contributed by atoms with Crippen LogP contribution in [0.3, 0.4) is 0 Å². The number of nitrogens with one attached hydrogen (secondary N) is 1. The van der Waals surface area contributed by atoms with Crippen LogP contribution in [0, 0.1) is 0 Å². The number of benzene rings is 1. The molecule has 19 heavy (non-hydrogen) atoms. The standard InChI is InChI=1S/C12H15NO5S/c1-18-7-8-19(16,17)13-11-4-2-3-10(9-11)5-6-12(14)15/h2-6,9,13H,7-8H2,1H3,(H,14,15)/b6-5+. The molecule has 0 aliphatic carbocycles. The first-order chi connectivity index (χ1) is 8.93. The van der Waals surface area contributed by atoms with E-state index in [9.17, 15) is 13.2 Å². The van der Waals surface area contributed by atoms with Gasteiger partial charge in [0.15, 0.2) is 0 Å². The molecule has 104 valence electrons. The first-order valence-electron chi connectivity index (χ1n) is 5.43. The van der Waals surface area contributed by atoms with E-state index in [-0.39, 0.29) is 12.4 Å². The smallest absolute Gasteiger partial charge is 0.328 e. The van der Waals surface area contributed by atoms with Crippen LogP contribution in [0.25, 0.3) is 6.08 Å². The Labute approximate surface area is 111 Å². The summed E-state index contributed by atoms with van der Waals surface area (Å²) < 4.78 is 30.4. The molecule has 1 aromatic carbocycles. The highest BCUT2D eigenvalue weighted by Crippen LogP contribution is 2.13. The van der Waals surface area contributed by atoms with Crippen molar-refractivity contribution in [2.24, 2.45) is 0 Å². The van der Waals surface area contributed by atoms with Crippen LogP contribution in [-0.4, -0.2) is 39.0 Å². The normalized spacial score (nSPS) is 11.6. The number of anilines is 1. The van der Waals surface area contributed by atoms with Crippen LogP contribution in [-0.2, 0) is 19.6 Å². The summed E-state index contributed by atoms with van der Waals surface area (Å²) >= 11 is 0. The Morgan fingerprint density at radius 2 is 2.21 bits per heavy atom. The van der Waals surface area contributed by atoms with Crippen molar-refractivity contribution in [1.29, 1.82) is 0 Å². The quantitative estimate of drug-likeness (QED) is 0.734. The summed E-state index contributed by atoms with van der Waals surface area (Å²) in [5.41, 5.74) is 0.970. The van der Waals surface area contributed by atoms with Gasteiger partial charge in [-0.05, 0) is 23.8 Å². The Hall–Kier alpha value is -1.86. The van der Waals surface area contributed by atoms with Gasteiger partial charge in [0.2, 0.25) is 10.0 Å². The molecule has 6 nitrogen and oxygen atoms in total. The van der Waals surface area contributed by atoms with E-state index in [4.69, 9.17) is 9.84 Å². The van der Waals surface area contributed by atoms with Crippen LogP contribution in [0.2, 0.25) is 0 Å². The fourth-order valence-electron chi connectivity index (χ4n) is 1.30. The van der Waals surface area contributed by atoms with E-state index in [1.54, 1.807) is 24.3 Å². The van der Waals surface area contributed by atoms with Gasteiger partial charge in [-0.3, -0.25) is 4.72 Å². The molecule has 0 atom stereocenters. The number of carbonyl (C=O) groups is 1. The van der Waals surface area contributed by atoms with Crippen LogP contribution in [0.4, 0.5) is 5.69 Å². The highest BCUT2D eigenvalue weighted by atomic mass is 32.2. The molecule has 2 N–H and O–H groups in total. The van der Waals surface area contributed by atoms with E-state index in [0.29, 0.717) is 11.3 Å². The maximum Gasteiger partial charge on any atom is 0.328 e. The van der Waals surface area contributed by atoms with Gasteiger partial charge in [0.25, 0.3) is 0 Å². The van der Waals surface area contributed by atoms with Gasteiger partial charge in [0.1, 0.15) is 0 Å². The summed E-state index contributed by atoms with van der Waals surface area (Å²) in [7, 11) is -2.04. The van der Waals surface area contributed by atoms with Crippen LogP contribution in [0.1, 0.15) is 5.56 Å². The molecule has 0 saturated carbocycles. The fourth-order valence-corrected chi connectivity index (χ4v) is 2.27. The largest absolute Gasteiger partial charge is 0.478 e. The molecule has 0 heterocycles. The maximum absolute atomic E-state index is 11.6. The predicted molar refractivity (Wildman–Crippen MR) is 72.4 cm³/mol. The number of hydrogen-bond donors (Lipinski definition) is 2. The number of sulfonamides is 1. The molecular formula is C12H15NO5S. The molecule has 0 unspecified atom stereocenters. The number of aliphatic carboxylic acids is 1. The minimum atomic E-state index is -3.46. The number of carboxylic acid groups (broad SMARTS) is 1. The molecule has 0 aliphatic rings. The van der Waals surface area contributed by atoms with Crippen LogP contribution >= 0.6 is 0 Å². The van der Waals surface area contributed by atoms with Crippen LogP contribution < -0.4 is 4.72 Å². The van der Waals surface area contributed by atoms with E-state index < -0.39 is 16.0 Å². The molecule has 0 spiro atoms. The average Bonchev–Trinajstić information content (AvgIpc) is 2.34. The third-order valence-corrected chi connectivity index (χ3v) is 3.39. The van der Waals surface area contributed by atoms with Crippen molar-refractivity contribution in [3.63, 3.8) is 0 Å². The molecule has 0 aromatic heterocycles. The zero-order chi connectivity index (χ0) is 14.3. The lowest BCUT2D eigenvalue weighted by Gasteiger charge is -2.08. The molecular weight excluding hydrogens is 270 g/mol. The van der Waals surface area contributed by atoms with E-state index in [2.05, 4.69) is 4.72 Å². The van der Waals surface area contributed by atoms with Crippen LogP contribution in [0.15, 0.2) is 30.3 Å². The molecule has 1 rings (SSSR count). The van der Waals surface area contributed by atoms with Gasteiger partial charge in [-0.1, -0.05) is 12.1 Å². The first-order valence-corrected chi connectivity index (χ1v) is 7.09. The van der Waals surface area contributed by atoms with Gasteiger partial charge in [-0.2, -0.15) is 0 Å². The summed E-state index contributed by atoms with van der Waals surface area (Å²) in [5, 5.41) is 8.52. The number of hydrogen-bond acceptors (Lipinski definition) is 4. The van der Waals surface area contributed by atoms with Crippen molar-refractivity contribution in [1.82, 2.24) is 0 Å². The summed E-state index contributed by atoms with van der Waals surface area (Å²) in [6, 6.07) is 6.44. The number of methoxy groups -OCH3 is 1. The summed E-state index contributed by atoms with van der Waals surface area (Å²) in [6.07, 6.45) is 2.37. The summed E-state index contributed by atoms with van der Waals surface area (Å²) in [5.74, 6) is -1.20. The maximum atomic E-state index is 11.6. The molecule has 1 aromatic rings. The second-order valence-electron chi connectivity index (χ2n) is 3.71. The van der Waals surface area contributed by atoms with Gasteiger partial charge in [-0.25, -0.2) is 13.2 Å². The Balaban J connectivity index is 2.80. The minimum Gasteiger partial charge on any atom is -0.478 e. The van der Waals surface area contributed by atoms with Gasteiger partial charge in [0.05, 0.1) is 12.4 Å². The Morgan fingerprint density at radius 3 is 2.84 bits per heavy atom. The zero-order valence-corrected chi connectivity index (χ0v) is 11.2. The number of ether oxygens (including phenoxy) is 1. The van der Waals surface area contributed by atoms with Crippen molar-refractivity contribution in [2.45, 2.75) is 0 Å². The topological polar surface area (TPSA) is 92.7 Å². The molecule has 0 aliphatic heterocycles. The van der Waals surface area contributed by atoms with Crippen LogP contribution in [0.5, 0.6) is 0 Å². The predicted octanol–water partition coefficient (Wildman–Crippen LogP) is 1.17. The summed E-state index contributed by atoms with van der Waals surface area (Å²) in [4.78, 5) is 10.4. The van der Waals surface area contributed by atoms with Crippen molar-refractivity contribution < 1.29 is 23.1 Å². The zero-order valence-electron chi connectivity index (χ0n) is 10.4. The lowest BCUT2D eigenvalue weighted by molar-refractivity contribution is -0.131. The Kier molecular flexibility index (Phi) is 5.53. The second-order valence-corrected chi connectivity index (χ2v) is 5.55. The van der Waals surface area contributed by atoms with E-state index in [1.165, 1.54) is 13.2 Å². The lowest BCUT2D eigenvalue weighted by Crippen LogP contribution is -2.19. The van der Waals surface area contributed by atoms with Crippen molar-refractivity contribution in [3.8, 4) is 0 Å². The highest BCUT2D eigenvalue weighted by Gasteiger charge is 2.09. The minimum absolute atomic E-state index is 0.105. The fraction of sp³-hybridized carbons (Fsp3) is 0.250. The molecule has 0 radical (unpaired) electrons. The molecule has 7 heteroatoms. The molecule has 0 bridgehead atoms. The second kappa shape index (κ2) is 6.91. The lowest BCUT2D eigenvalue weighted by atomic mass is 10.2. The van der Waals surface area contributed by atoms with Gasteiger partial charge >= 0.3 is 5.97 Å². The molecule has 0 saturated heterocycles. The van der Waals surface area contributed by atoms with E-state index in [0.717, 1.165) is 6.08 Å². The highest BCUT2D eigenvalue weighted by molar-refractivity contribution is 7.92. The third-order valence-electron chi connectivity index (χ3n) is 2.13. The molecule has 0 amide bonds. The Bertz CT molecular complexity index is 565.